The Labute approximate surface area is 243 Å². The quantitative estimate of drug-likeness (QED) is 0.185. The van der Waals surface area contributed by atoms with Crippen LogP contribution in [0.1, 0.15) is 18.4 Å². The smallest absolute Gasteiger partial charge is 0.416 e. The molecule has 0 spiro atoms. The van der Waals surface area contributed by atoms with Gasteiger partial charge in [-0.1, -0.05) is 12.1 Å². The Kier molecular flexibility index (Phi) is 8.48. The zero-order valence-electron chi connectivity index (χ0n) is 22.9. The molecule has 2 atom stereocenters. The van der Waals surface area contributed by atoms with Crippen LogP contribution in [0.25, 0.3) is 22.0 Å². The average molecular weight is 601 g/mol. The lowest BCUT2D eigenvalue weighted by Crippen LogP contribution is -2.44. The van der Waals surface area contributed by atoms with Gasteiger partial charge >= 0.3 is 12.3 Å². The standard InChI is InChI=1S/C29H28F4N6O4/c1-16-6-7-18-19(8-9-21(30)24(18)36-14-23(40)29(31,32)33)25(16)43-26-20(5-2-11-34-26)22-10-12-35-27(38-22)37-17-4-3-13-39(15-17)28(41)42/h2,5-12,17,23,36,40H,3-4,13-15H2,1H3,(H,41,42)(H,35,37,38)/t17?,23-/m0/s1. The van der Waals surface area contributed by atoms with Gasteiger partial charge in [-0.2, -0.15) is 13.2 Å². The number of nitrogens with one attached hydrogen (secondary N) is 2. The summed E-state index contributed by atoms with van der Waals surface area (Å²) in [6.45, 7) is 1.60. The molecule has 1 unspecified atom stereocenters. The molecule has 226 valence electrons. The molecule has 0 saturated carbocycles. The number of ether oxygens (including phenoxy) is 1. The molecule has 2 aromatic heterocycles. The first kappa shape index (κ1) is 29.8. The number of anilines is 2. The lowest BCUT2D eigenvalue weighted by atomic mass is 10.0. The number of likely N-dealkylation sites (tertiary alicyclic amines) is 1. The zero-order valence-corrected chi connectivity index (χ0v) is 22.9. The number of nitrogens with zero attached hydrogens (tertiary/aromatic N) is 4. The van der Waals surface area contributed by atoms with E-state index >= 15 is 0 Å². The maximum atomic E-state index is 14.7. The second kappa shape index (κ2) is 12.3. The summed E-state index contributed by atoms with van der Waals surface area (Å²) in [5.74, 6) is -0.0113. The second-order valence-electron chi connectivity index (χ2n) is 10.1. The Morgan fingerprint density at radius 1 is 1.14 bits per heavy atom. The Balaban J connectivity index is 1.44. The minimum atomic E-state index is -4.86. The molecule has 1 aliphatic rings. The largest absolute Gasteiger partial charge is 0.465 e. The number of hydrogen-bond acceptors (Lipinski definition) is 8. The Morgan fingerprint density at radius 3 is 2.70 bits per heavy atom. The van der Waals surface area contributed by atoms with Crippen LogP contribution >= 0.6 is 0 Å². The summed E-state index contributed by atoms with van der Waals surface area (Å²) in [6, 6.07) is 10.7. The number of pyridine rings is 1. The van der Waals surface area contributed by atoms with E-state index in [-0.39, 0.29) is 23.0 Å². The third-order valence-corrected chi connectivity index (χ3v) is 7.07. The Bertz CT molecular complexity index is 1640. The summed E-state index contributed by atoms with van der Waals surface area (Å²) in [7, 11) is 0. The van der Waals surface area contributed by atoms with Crippen molar-refractivity contribution in [3.63, 3.8) is 0 Å². The molecule has 5 rings (SSSR count). The van der Waals surface area contributed by atoms with Crippen LogP contribution in [0.2, 0.25) is 0 Å². The van der Waals surface area contributed by atoms with Crippen molar-refractivity contribution < 1.29 is 37.3 Å². The number of halogens is 4. The second-order valence-corrected chi connectivity index (χ2v) is 10.1. The highest BCUT2D eigenvalue weighted by Gasteiger charge is 2.38. The maximum Gasteiger partial charge on any atom is 0.416 e. The minimum absolute atomic E-state index is 0.163. The highest BCUT2D eigenvalue weighted by atomic mass is 19.4. The van der Waals surface area contributed by atoms with Crippen molar-refractivity contribution in [2.45, 2.75) is 38.1 Å². The zero-order chi connectivity index (χ0) is 30.7. The summed E-state index contributed by atoms with van der Waals surface area (Å²) < 4.78 is 59.5. The predicted octanol–water partition coefficient (Wildman–Crippen LogP) is 5.82. The van der Waals surface area contributed by atoms with E-state index in [1.807, 2.05) is 0 Å². The first-order valence-electron chi connectivity index (χ1n) is 13.4. The van der Waals surface area contributed by atoms with Gasteiger partial charge in [-0.25, -0.2) is 24.1 Å². The van der Waals surface area contributed by atoms with Crippen LogP contribution in [-0.4, -0.2) is 74.1 Å². The van der Waals surface area contributed by atoms with E-state index in [9.17, 15) is 32.6 Å². The van der Waals surface area contributed by atoms with Gasteiger partial charge in [-0.05, 0) is 55.7 Å². The third kappa shape index (κ3) is 6.69. The molecule has 3 heterocycles. The number of aryl methyl sites for hydroxylation is 1. The van der Waals surface area contributed by atoms with Crippen LogP contribution in [0, 0.1) is 12.7 Å². The van der Waals surface area contributed by atoms with E-state index in [2.05, 4.69) is 25.6 Å². The number of carbonyl (C=O) groups is 1. The highest BCUT2D eigenvalue weighted by Crippen LogP contribution is 2.39. The minimum Gasteiger partial charge on any atom is -0.465 e. The van der Waals surface area contributed by atoms with Crippen molar-refractivity contribution in [2.75, 3.05) is 30.3 Å². The Morgan fingerprint density at radius 2 is 1.93 bits per heavy atom. The summed E-state index contributed by atoms with van der Waals surface area (Å²) in [4.78, 5) is 26.0. The number of aliphatic hydroxyl groups excluding tert-OH is 1. The fraction of sp³-hybridized carbons (Fsp3) is 0.310. The van der Waals surface area contributed by atoms with E-state index in [0.29, 0.717) is 53.4 Å². The van der Waals surface area contributed by atoms with Crippen molar-refractivity contribution in [3.05, 3.63) is 66.2 Å². The number of hydrogen-bond donors (Lipinski definition) is 4. The molecule has 0 aliphatic carbocycles. The summed E-state index contributed by atoms with van der Waals surface area (Å²) in [5, 5.41) is 25.0. The molecule has 4 aromatic rings. The maximum absolute atomic E-state index is 14.7. The molecule has 14 heteroatoms. The fourth-order valence-corrected chi connectivity index (χ4v) is 4.88. The lowest BCUT2D eigenvalue weighted by Gasteiger charge is -2.31. The number of aromatic nitrogens is 3. The Hall–Kier alpha value is -4.72. The van der Waals surface area contributed by atoms with Gasteiger partial charge in [0.2, 0.25) is 11.8 Å². The van der Waals surface area contributed by atoms with Crippen molar-refractivity contribution in [2.24, 2.45) is 0 Å². The van der Waals surface area contributed by atoms with Crippen molar-refractivity contribution in [1.82, 2.24) is 19.9 Å². The van der Waals surface area contributed by atoms with Crippen LogP contribution in [0.5, 0.6) is 11.6 Å². The molecule has 10 nitrogen and oxygen atoms in total. The van der Waals surface area contributed by atoms with E-state index in [4.69, 9.17) is 4.74 Å². The van der Waals surface area contributed by atoms with Gasteiger partial charge in [-0.15, -0.1) is 0 Å². The number of alkyl halides is 3. The molecule has 1 fully saturated rings. The van der Waals surface area contributed by atoms with Gasteiger partial charge in [0, 0.05) is 48.8 Å². The van der Waals surface area contributed by atoms with E-state index in [1.165, 1.54) is 17.2 Å². The first-order valence-corrected chi connectivity index (χ1v) is 13.4. The first-order chi connectivity index (χ1) is 20.5. The molecular weight excluding hydrogens is 572 g/mol. The summed E-state index contributed by atoms with van der Waals surface area (Å²) in [6.07, 6.45) is -3.98. The van der Waals surface area contributed by atoms with Gasteiger partial charge < -0.3 is 30.5 Å². The number of carboxylic acid groups (broad SMARTS) is 1. The van der Waals surface area contributed by atoms with Crippen LogP contribution in [-0.2, 0) is 0 Å². The number of rotatable bonds is 8. The number of amides is 1. The monoisotopic (exact) mass is 600 g/mol. The summed E-state index contributed by atoms with van der Waals surface area (Å²) >= 11 is 0. The van der Waals surface area contributed by atoms with Crippen molar-refractivity contribution in [1.29, 1.82) is 0 Å². The van der Waals surface area contributed by atoms with Gasteiger partial charge in [0.15, 0.2) is 6.10 Å². The highest BCUT2D eigenvalue weighted by molar-refractivity contribution is 5.99. The van der Waals surface area contributed by atoms with E-state index in [0.717, 1.165) is 12.5 Å². The van der Waals surface area contributed by atoms with Gasteiger partial charge in [0.1, 0.15) is 11.6 Å². The normalized spacial score (nSPS) is 16.1. The molecular formula is C29H28F4N6O4. The molecule has 0 radical (unpaired) electrons. The fourth-order valence-electron chi connectivity index (χ4n) is 4.88. The van der Waals surface area contributed by atoms with Gasteiger partial charge in [-0.3, -0.25) is 0 Å². The number of piperidine rings is 1. The number of benzene rings is 2. The van der Waals surface area contributed by atoms with E-state index in [1.54, 1.807) is 43.5 Å². The molecule has 43 heavy (non-hydrogen) atoms. The lowest BCUT2D eigenvalue weighted by molar-refractivity contribution is -0.198. The average Bonchev–Trinajstić information content (AvgIpc) is 2.98. The van der Waals surface area contributed by atoms with Crippen molar-refractivity contribution in [3.8, 4) is 22.9 Å². The molecule has 0 bridgehead atoms. The van der Waals surface area contributed by atoms with Crippen LogP contribution in [0.3, 0.4) is 0 Å². The van der Waals surface area contributed by atoms with Crippen LogP contribution in [0.15, 0.2) is 54.9 Å². The molecule has 1 aliphatic heterocycles. The summed E-state index contributed by atoms with van der Waals surface area (Å²) in [5.41, 5.74) is 1.43. The number of fused-ring (bicyclic) bond motifs is 1. The third-order valence-electron chi connectivity index (χ3n) is 7.07. The van der Waals surface area contributed by atoms with Gasteiger partial charge in [0.25, 0.3) is 0 Å². The number of aliphatic hydroxyl groups is 1. The molecule has 1 amide bonds. The van der Waals surface area contributed by atoms with Crippen LogP contribution in [0.4, 0.5) is 34.0 Å². The van der Waals surface area contributed by atoms with Gasteiger partial charge in [0.05, 0.1) is 16.9 Å². The predicted molar refractivity (Wildman–Crippen MR) is 151 cm³/mol. The molecule has 2 aromatic carbocycles. The SMILES string of the molecule is Cc1ccc2c(NC[C@H](O)C(F)(F)F)c(F)ccc2c1Oc1ncccc1-c1ccnc(NC2CCCN(C(=O)O)C2)n1. The van der Waals surface area contributed by atoms with Crippen LogP contribution < -0.4 is 15.4 Å². The van der Waals surface area contributed by atoms with Crippen molar-refractivity contribution >= 4 is 28.5 Å². The van der Waals surface area contributed by atoms with E-state index < -0.39 is 30.7 Å². The molecule has 1 saturated heterocycles. The molecule has 4 N–H and O–H groups in total. The topological polar surface area (TPSA) is 133 Å².